The quantitative estimate of drug-likeness (QED) is 0.215. The number of anilines is 1. The van der Waals surface area contributed by atoms with Crippen LogP contribution in [-0.4, -0.2) is 44.6 Å². The molecule has 1 aliphatic rings. The van der Waals surface area contributed by atoms with E-state index in [1.54, 1.807) is 36.9 Å². The number of ether oxygens (including phenoxy) is 2. The fraction of sp³-hybridized carbons (Fsp3) is 0.286. The first-order valence-corrected chi connectivity index (χ1v) is 13.5. The maximum Gasteiger partial charge on any atom is 0.342 e. The van der Waals surface area contributed by atoms with Gasteiger partial charge in [0.1, 0.15) is 22.8 Å². The van der Waals surface area contributed by atoms with Crippen LogP contribution >= 0.6 is 0 Å². The highest BCUT2D eigenvalue weighted by molar-refractivity contribution is 7.80. The van der Waals surface area contributed by atoms with Crippen molar-refractivity contribution in [3.8, 4) is 17.0 Å². The molecule has 1 aliphatic carbocycles. The van der Waals surface area contributed by atoms with Crippen LogP contribution in [0.15, 0.2) is 60.8 Å². The Kier molecular flexibility index (Phi) is 7.44. The summed E-state index contributed by atoms with van der Waals surface area (Å²) in [4.78, 5) is 13.1. The van der Waals surface area contributed by atoms with Crippen LogP contribution in [0.2, 0.25) is 0 Å². The van der Waals surface area contributed by atoms with E-state index >= 15 is 0 Å². The molecule has 198 valence electrons. The minimum Gasteiger partial charge on any atom is -0.497 e. The Bertz CT molecular complexity index is 1480. The summed E-state index contributed by atoms with van der Waals surface area (Å²) in [6.07, 6.45) is 4.12. The van der Waals surface area contributed by atoms with Crippen molar-refractivity contribution in [1.29, 1.82) is 0 Å². The predicted molar refractivity (Wildman–Crippen MR) is 143 cm³/mol. The van der Waals surface area contributed by atoms with E-state index in [-0.39, 0.29) is 24.6 Å². The molecule has 1 atom stereocenters. The van der Waals surface area contributed by atoms with E-state index in [9.17, 15) is 17.9 Å². The molecule has 38 heavy (non-hydrogen) atoms. The first-order chi connectivity index (χ1) is 18.4. The molecule has 1 N–H and O–H groups in total. The van der Waals surface area contributed by atoms with Gasteiger partial charge in [-0.2, -0.15) is 5.10 Å². The maximum absolute atomic E-state index is 13.6. The van der Waals surface area contributed by atoms with Crippen LogP contribution in [0.1, 0.15) is 47.2 Å². The highest BCUT2D eigenvalue weighted by atomic mass is 32.2. The Hall–Kier alpha value is -3.76. The number of hydrogen-bond donors (Lipinski definition) is 1. The van der Waals surface area contributed by atoms with Gasteiger partial charge < -0.3 is 9.47 Å². The number of esters is 1. The monoisotopic (exact) mass is 537 g/mol. The predicted octanol–water partition coefficient (Wildman–Crippen LogP) is 5.39. The molecule has 1 saturated carbocycles. The Morgan fingerprint density at radius 3 is 2.50 bits per heavy atom. The lowest BCUT2D eigenvalue weighted by Crippen LogP contribution is -2.29. The summed E-state index contributed by atoms with van der Waals surface area (Å²) in [5.41, 5.74) is 4.20. The van der Waals surface area contributed by atoms with Crippen LogP contribution in [0.4, 0.5) is 10.1 Å². The van der Waals surface area contributed by atoms with Crippen molar-refractivity contribution in [2.24, 2.45) is 0 Å². The minimum absolute atomic E-state index is 0.190. The molecule has 2 aromatic carbocycles. The number of halogens is 1. The first-order valence-electron chi connectivity index (χ1n) is 12.4. The van der Waals surface area contributed by atoms with Crippen molar-refractivity contribution in [3.63, 3.8) is 0 Å². The van der Waals surface area contributed by atoms with Gasteiger partial charge in [0, 0.05) is 12.1 Å². The molecule has 0 amide bonds. The summed E-state index contributed by atoms with van der Waals surface area (Å²) < 4.78 is 50.0. The van der Waals surface area contributed by atoms with Crippen molar-refractivity contribution >= 4 is 28.4 Å². The molecule has 10 heteroatoms. The number of methoxy groups -OCH3 is 1. The van der Waals surface area contributed by atoms with Gasteiger partial charge in [0.15, 0.2) is 0 Å². The van der Waals surface area contributed by atoms with Crippen LogP contribution in [0.3, 0.4) is 0 Å². The highest BCUT2D eigenvalue weighted by Crippen LogP contribution is 2.46. The van der Waals surface area contributed by atoms with Gasteiger partial charge in [-0.15, -0.1) is 0 Å². The van der Waals surface area contributed by atoms with Crippen LogP contribution < -0.4 is 9.04 Å². The van der Waals surface area contributed by atoms with E-state index in [1.807, 2.05) is 30.3 Å². The molecule has 0 bridgehead atoms. The second-order valence-electron chi connectivity index (χ2n) is 9.10. The molecule has 0 radical (unpaired) electrons. The molecular weight excluding hydrogens is 509 g/mol. The van der Waals surface area contributed by atoms with Gasteiger partial charge in [-0.1, -0.05) is 12.1 Å². The summed E-state index contributed by atoms with van der Waals surface area (Å²) in [5, 5.41) is 4.65. The number of pyridine rings is 1. The second-order valence-corrected chi connectivity index (χ2v) is 10.0. The Morgan fingerprint density at radius 2 is 1.89 bits per heavy atom. The third-order valence-corrected chi connectivity index (χ3v) is 7.37. The van der Waals surface area contributed by atoms with Crippen molar-refractivity contribution in [2.75, 3.05) is 24.6 Å². The van der Waals surface area contributed by atoms with Gasteiger partial charge in [0.05, 0.1) is 31.1 Å². The van der Waals surface area contributed by atoms with E-state index in [0.717, 1.165) is 29.7 Å². The molecule has 5 rings (SSSR count). The smallest absolute Gasteiger partial charge is 0.342 e. The van der Waals surface area contributed by atoms with E-state index in [1.165, 1.54) is 16.4 Å². The lowest BCUT2D eigenvalue weighted by molar-refractivity contribution is 0.0529. The lowest BCUT2D eigenvalue weighted by atomic mass is 10.0. The van der Waals surface area contributed by atoms with Gasteiger partial charge in [0.25, 0.3) is 11.3 Å². The average Bonchev–Trinajstić information content (AvgIpc) is 3.69. The Morgan fingerprint density at radius 1 is 1.18 bits per heavy atom. The molecule has 0 saturated heterocycles. The van der Waals surface area contributed by atoms with Crippen molar-refractivity contribution in [1.82, 2.24) is 9.61 Å². The van der Waals surface area contributed by atoms with Gasteiger partial charge in [-0.05, 0) is 85.7 Å². The topological polar surface area (TPSA) is 93.4 Å². The molecule has 1 unspecified atom stereocenters. The van der Waals surface area contributed by atoms with Gasteiger partial charge in [-0.3, -0.25) is 8.86 Å². The molecular formula is C28H28FN3O5S. The van der Waals surface area contributed by atoms with Crippen molar-refractivity contribution in [3.05, 3.63) is 83.3 Å². The zero-order valence-electron chi connectivity index (χ0n) is 21.1. The molecule has 0 spiro atoms. The third kappa shape index (κ3) is 5.27. The molecule has 4 aromatic rings. The molecule has 0 aliphatic heterocycles. The number of rotatable bonds is 10. The minimum atomic E-state index is -2.29. The number of fused-ring (bicyclic) bond motifs is 1. The average molecular weight is 538 g/mol. The number of aromatic nitrogens is 2. The Labute approximate surface area is 222 Å². The number of carbonyl (C=O) groups excluding carboxylic acids is 1. The summed E-state index contributed by atoms with van der Waals surface area (Å²) in [6.45, 7) is 2.21. The normalized spacial score (nSPS) is 13.9. The fourth-order valence-corrected chi connectivity index (χ4v) is 5.11. The number of nitrogens with zero attached hydrogens (tertiary/aromatic N) is 3. The van der Waals surface area contributed by atoms with Crippen LogP contribution in [-0.2, 0) is 22.4 Å². The zero-order valence-corrected chi connectivity index (χ0v) is 21.9. The summed E-state index contributed by atoms with van der Waals surface area (Å²) in [5.74, 6) is 0.0250. The number of carbonyl (C=O) groups is 1. The molecule has 2 heterocycles. The van der Waals surface area contributed by atoms with Crippen LogP contribution in [0, 0.1) is 5.82 Å². The van der Waals surface area contributed by atoms with Crippen molar-refractivity contribution < 1.29 is 27.4 Å². The standard InChI is InChI=1S/C28H28FN3O5S/c1-3-37-28(33)26-24-16-23(19-6-7-19)25(17-31(24)30-27(26)20-8-10-21(29)11-9-20)32(38(34)35)15-14-18-4-12-22(36-2)13-5-18/h4-5,8-13,16-17,19H,3,6-7,14-15H2,1-2H3,(H,34,35). The maximum atomic E-state index is 13.6. The summed E-state index contributed by atoms with van der Waals surface area (Å²) >= 11 is -2.29. The van der Waals surface area contributed by atoms with Gasteiger partial charge in [-0.25, -0.2) is 17.9 Å². The fourth-order valence-electron chi connectivity index (χ4n) is 4.55. The van der Waals surface area contributed by atoms with Gasteiger partial charge in [0.2, 0.25) is 0 Å². The second kappa shape index (κ2) is 10.9. The molecule has 1 fully saturated rings. The first kappa shape index (κ1) is 25.9. The zero-order chi connectivity index (χ0) is 26.8. The number of hydrogen-bond acceptors (Lipinski definition) is 5. The third-order valence-electron chi connectivity index (χ3n) is 6.61. The van der Waals surface area contributed by atoms with Crippen molar-refractivity contribution in [2.45, 2.75) is 32.1 Å². The van der Waals surface area contributed by atoms with Gasteiger partial charge >= 0.3 is 5.97 Å². The molecule has 8 nitrogen and oxygen atoms in total. The number of benzene rings is 2. The Balaban J connectivity index is 1.59. The van der Waals surface area contributed by atoms with E-state index in [2.05, 4.69) is 5.10 Å². The van der Waals surface area contributed by atoms with Crippen LogP contribution in [0.5, 0.6) is 5.75 Å². The lowest BCUT2D eigenvalue weighted by Gasteiger charge is -2.23. The van der Waals surface area contributed by atoms with E-state index in [0.29, 0.717) is 28.9 Å². The van der Waals surface area contributed by atoms with E-state index < -0.39 is 23.1 Å². The SMILES string of the molecule is CCOC(=O)c1c(-c2ccc(F)cc2)nn2cc(N(CCc3ccc(OC)cc3)S(=O)O)c(C3CC3)cc12. The largest absolute Gasteiger partial charge is 0.497 e. The highest BCUT2D eigenvalue weighted by Gasteiger charge is 2.32. The molecule has 2 aromatic heterocycles. The summed E-state index contributed by atoms with van der Waals surface area (Å²) in [7, 11) is 1.60. The summed E-state index contributed by atoms with van der Waals surface area (Å²) in [6, 6.07) is 15.2. The van der Waals surface area contributed by atoms with Crippen LogP contribution in [0.25, 0.3) is 16.8 Å². The van der Waals surface area contributed by atoms with E-state index in [4.69, 9.17) is 9.47 Å².